The average Bonchev–Trinajstić information content (AvgIpc) is 3.34. The van der Waals surface area contributed by atoms with Gasteiger partial charge in [-0.3, -0.25) is 9.79 Å². The number of nitrogens with zero attached hydrogens (tertiary/aromatic N) is 1. The first-order valence-electron chi connectivity index (χ1n) is 9.63. The number of benzene rings is 1. The van der Waals surface area contributed by atoms with Crippen molar-refractivity contribution in [3.63, 3.8) is 0 Å². The van der Waals surface area contributed by atoms with Gasteiger partial charge >= 0.3 is 0 Å². The van der Waals surface area contributed by atoms with Crippen LogP contribution in [0.3, 0.4) is 0 Å². The van der Waals surface area contributed by atoms with Crippen LogP contribution in [0.4, 0.5) is 0 Å². The molecule has 3 rings (SSSR count). The molecule has 0 saturated heterocycles. The molecule has 1 fully saturated rings. The Morgan fingerprint density at radius 1 is 1.28 bits per heavy atom. The molecule has 1 saturated carbocycles. The minimum Gasteiger partial charge on any atom is -0.484 e. The highest BCUT2D eigenvalue weighted by Crippen LogP contribution is 2.20. The second-order valence-corrected chi connectivity index (χ2v) is 7.98. The molecule has 2 aromatic rings. The topological polar surface area (TPSA) is 74.8 Å². The lowest BCUT2D eigenvalue weighted by molar-refractivity contribution is -0.123. The monoisotopic (exact) mass is 528 g/mol. The van der Waals surface area contributed by atoms with Gasteiger partial charge in [0.1, 0.15) is 5.75 Å². The lowest BCUT2D eigenvalue weighted by atomic mass is 10.1. The number of amides is 1. The number of carbonyl (C=O) groups excluding carboxylic acids is 1. The summed E-state index contributed by atoms with van der Waals surface area (Å²) in [5.41, 5.74) is 1.06. The van der Waals surface area contributed by atoms with Crippen molar-refractivity contribution in [1.82, 2.24) is 16.0 Å². The summed E-state index contributed by atoms with van der Waals surface area (Å²) in [6.07, 6.45) is 2.16. The maximum Gasteiger partial charge on any atom is 0.258 e. The first-order chi connectivity index (χ1) is 13.6. The molecule has 29 heavy (non-hydrogen) atoms. The van der Waals surface area contributed by atoms with E-state index in [0.29, 0.717) is 24.3 Å². The molecule has 1 aromatic heterocycles. The number of hydrogen-bond donors (Lipinski definition) is 3. The molecule has 0 radical (unpaired) electrons. The molecule has 6 nitrogen and oxygen atoms in total. The Balaban J connectivity index is 0.00000300. The van der Waals surface area contributed by atoms with Gasteiger partial charge in [-0.15, -0.1) is 35.3 Å². The summed E-state index contributed by atoms with van der Waals surface area (Å²) in [4.78, 5) is 17.4. The van der Waals surface area contributed by atoms with E-state index in [-0.39, 0.29) is 36.5 Å². The molecular weight excluding hydrogens is 499 g/mol. The smallest absolute Gasteiger partial charge is 0.258 e. The Hall–Kier alpha value is -1.81. The van der Waals surface area contributed by atoms with Crippen molar-refractivity contribution in [3.8, 4) is 5.75 Å². The largest absolute Gasteiger partial charge is 0.484 e. The second-order valence-electron chi connectivity index (χ2n) is 7.00. The van der Waals surface area contributed by atoms with Gasteiger partial charge in [0.15, 0.2) is 12.6 Å². The zero-order valence-electron chi connectivity index (χ0n) is 16.8. The number of thiophene rings is 1. The number of aliphatic imine (C=N–C) groups is 1. The van der Waals surface area contributed by atoms with Gasteiger partial charge in [-0.25, -0.2) is 0 Å². The van der Waals surface area contributed by atoms with Gasteiger partial charge in [0, 0.05) is 37.0 Å². The molecule has 0 aliphatic heterocycles. The van der Waals surface area contributed by atoms with E-state index < -0.39 is 0 Å². The summed E-state index contributed by atoms with van der Waals surface area (Å²) in [5, 5.41) is 11.7. The Bertz CT molecular complexity index is 794. The highest BCUT2D eigenvalue weighted by Gasteiger charge is 2.23. The molecule has 3 N–H and O–H groups in total. The Morgan fingerprint density at radius 3 is 2.79 bits per heavy atom. The van der Waals surface area contributed by atoms with E-state index in [9.17, 15) is 4.79 Å². The molecular formula is C21H29IN4O2S. The standard InChI is InChI=1S/C21H28N4O2S.HI/c1-15(19-7-4-10-28-19)12-23-21(22-2)24-13-16-5-3-6-18(11-16)27-14-20(26)25-17-8-9-17;/h3-7,10-11,15,17H,8-9,12-14H2,1-2H3,(H,25,26)(H2,22,23,24);1H. The molecule has 1 atom stereocenters. The van der Waals surface area contributed by atoms with Crippen molar-refractivity contribution < 1.29 is 9.53 Å². The van der Waals surface area contributed by atoms with Crippen LogP contribution in [0.2, 0.25) is 0 Å². The summed E-state index contributed by atoms with van der Waals surface area (Å²) in [6, 6.07) is 12.3. The van der Waals surface area contributed by atoms with Crippen molar-refractivity contribution in [1.29, 1.82) is 0 Å². The molecule has 1 aliphatic carbocycles. The van der Waals surface area contributed by atoms with Gasteiger partial charge in [-0.1, -0.05) is 25.1 Å². The molecule has 0 spiro atoms. The SMILES string of the molecule is CN=C(NCc1cccc(OCC(=O)NC2CC2)c1)NCC(C)c1cccs1.I. The van der Waals surface area contributed by atoms with Crippen molar-refractivity contribution >= 4 is 47.2 Å². The maximum atomic E-state index is 11.7. The van der Waals surface area contributed by atoms with E-state index in [2.05, 4.69) is 45.4 Å². The molecule has 1 unspecified atom stereocenters. The highest BCUT2D eigenvalue weighted by atomic mass is 127. The van der Waals surface area contributed by atoms with E-state index in [1.165, 1.54) is 4.88 Å². The van der Waals surface area contributed by atoms with Gasteiger partial charge < -0.3 is 20.7 Å². The number of halogens is 1. The number of rotatable bonds is 9. The number of guanidine groups is 1. The predicted octanol–water partition coefficient (Wildman–Crippen LogP) is 3.49. The molecule has 1 aliphatic rings. The molecule has 0 bridgehead atoms. The fourth-order valence-electron chi connectivity index (χ4n) is 2.72. The van der Waals surface area contributed by atoms with Crippen LogP contribution in [0.5, 0.6) is 5.75 Å². The summed E-state index contributed by atoms with van der Waals surface area (Å²) < 4.78 is 5.61. The van der Waals surface area contributed by atoms with Gasteiger partial charge in [0.2, 0.25) is 0 Å². The van der Waals surface area contributed by atoms with Gasteiger partial charge in [-0.05, 0) is 42.0 Å². The Kier molecular flexibility index (Phi) is 9.72. The Morgan fingerprint density at radius 2 is 2.10 bits per heavy atom. The Labute approximate surface area is 193 Å². The van der Waals surface area contributed by atoms with Crippen LogP contribution in [0.25, 0.3) is 0 Å². The van der Waals surface area contributed by atoms with E-state index in [0.717, 1.165) is 30.9 Å². The lowest BCUT2D eigenvalue weighted by Gasteiger charge is -2.15. The van der Waals surface area contributed by atoms with Crippen LogP contribution in [-0.2, 0) is 11.3 Å². The van der Waals surface area contributed by atoms with Crippen LogP contribution >= 0.6 is 35.3 Å². The van der Waals surface area contributed by atoms with E-state index in [4.69, 9.17) is 4.74 Å². The van der Waals surface area contributed by atoms with Crippen LogP contribution in [0.1, 0.15) is 36.1 Å². The maximum absolute atomic E-state index is 11.7. The lowest BCUT2D eigenvalue weighted by Crippen LogP contribution is -2.38. The predicted molar refractivity (Wildman–Crippen MR) is 129 cm³/mol. The molecule has 1 heterocycles. The summed E-state index contributed by atoms with van der Waals surface area (Å²) in [6.45, 7) is 3.70. The van der Waals surface area contributed by atoms with Gasteiger partial charge in [0.05, 0.1) is 0 Å². The average molecular weight is 528 g/mol. The van der Waals surface area contributed by atoms with Gasteiger partial charge in [0.25, 0.3) is 5.91 Å². The summed E-state index contributed by atoms with van der Waals surface area (Å²) in [7, 11) is 1.77. The minimum absolute atomic E-state index is 0. The fourth-order valence-corrected chi connectivity index (χ4v) is 3.51. The van der Waals surface area contributed by atoms with Crippen LogP contribution in [0.15, 0.2) is 46.8 Å². The third kappa shape index (κ3) is 8.22. The second kappa shape index (κ2) is 12.0. The molecule has 1 aromatic carbocycles. The van der Waals surface area contributed by atoms with Crippen LogP contribution < -0.4 is 20.7 Å². The van der Waals surface area contributed by atoms with E-state index >= 15 is 0 Å². The number of ether oxygens (including phenoxy) is 1. The van der Waals surface area contributed by atoms with Gasteiger partial charge in [-0.2, -0.15) is 0 Å². The van der Waals surface area contributed by atoms with Crippen molar-refractivity contribution in [2.24, 2.45) is 4.99 Å². The van der Waals surface area contributed by atoms with Crippen LogP contribution in [0, 0.1) is 0 Å². The normalized spacial score (nSPS) is 14.5. The molecule has 158 valence electrons. The number of carbonyl (C=O) groups is 1. The molecule has 1 amide bonds. The summed E-state index contributed by atoms with van der Waals surface area (Å²) in [5.74, 6) is 1.82. The fraction of sp³-hybridized carbons (Fsp3) is 0.429. The minimum atomic E-state index is -0.0597. The summed E-state index contributed by atoms with van der Waals surface area (Å²) >= 11 is 1.77. The number of nitrogens with one attached hydrogen (secondary N) is 3. The van der Waals surface area contributed by atoms with Crippen molar-refractivity contribution in [3.05, 3.63) is 52.2 Å². The van der Waals surface area contributed by atoms with Crippen LogP contribution in [-0.4, -0.2) is 38.1 Å². The first-order valence-corrected chi connectivity index (χ1v) is 10.5. The quantitative estimate of drug-likeness (QED) is 0.265. The third-order valence-electron chi connectivity index (χ3n) is 4.50. The third-order valence-corrected chi connectivity index (χ3v) is 5.60. The number of hydrogen-bond acceptors (Lipinski definition) is 4. The van der Waals surface area contributed by atoms with E-state index in [1.807, 2.05) is 24.3 Å². The zero-order chi connectivity index (χ0) is 19.8. The first kappa shape index (κ1) is 23.5. The van der Waals surface area contributed by atoms with Crippen molar-refractivity contribution in [2.45, 2.75) is 38.3 Å². The highest BCUT2D eigenvalue weighted by molar-refractivity contribution is 14.0. The van der Waals surface area contributed by atoms with E-state index in [1.54, 1.807) is 18.4 Å². The molecule has 8 heteroatoms. The zero-order valence-corrected chi connectivity index (χ0v) is 20.0. The van der Waals surface area contributed by atoms with Crippen molar-refractivity contribution in [2.75, 3.05) is 20.2 Å².